The first kappa shape index (κ1) is 12.7. The molecule has 18 heavy (non-hydrogen) atoms. The van der Waals surface area contributed by atoms with E-state index in [9.17, 15) is 0 Å². The van der Waals surface area contributed by atoms with Crippen LogP contribution in [0.5, 0.6) is 5.75 Å². The maximum absolute atomic E-state index is 5.25. The highest BCUT2D eigenvalue weighted by molar-refractivity contribution is 5.29. The summed E-state index contributed by atoms with van der Waals surface area (Å²) >= 11 is 0. The monoisotopic (exact) mass is 242 g/mol. The molecule has 94 valence electrons. The van der Waals surface area contributed by atoms with E-state index in [0.29, 0.717) is 6.04 Å². The predicted molar refractivity (Wildman–Crippen MR) is 73.5 cm³/mol. The SMILES string of the molecule is COc1cccc([C@@H](C)[NH2+]Cc2ccccc2)c1. The van der Waals surface area contributed by atoms with Crippen molar-refractivity contribution in [1.82, 2.24) is 0 Å². The third-order valence-electron chi connectivity index (χ3n) is 3.17. The standard InChI is InChI=1S/C16H19NO/c1-13(15-9-6-10-16(11-15)18-2)17-12-14-7-4-3-5-8-14/h3-11,13,17H,12H2,1-2H3/p+1/t13-/m1/s1. The van der Waals surface area contributed by atoms with Crippen LogP contribution in [0.3, 0.4) is 0 Å². The highest BCUT2D eigenvalue weighted by Gasteiger charge is 2.09. The van der Waals surface area contributed by atoms with Gasteiger partial charge in [0.15, 0.2) is 0 Å². The molecule has 2 nitrogen and oxygen atoms in total. The predicted octanol–water partition coefficient (Wildman–Crippen LogP) is 2.52. The van der Waals surface area contributed by atoms with Crippen LogP contribution in [0, 0.1) is 0 Å². The Morgan fingerprint density at radius 2 is 1.83 bits per heavy atom. The van der Waals surface area contributed by atoms with Crippen molar-refractivity contribution in [2.24, 2.45) is 0 Å². The van der Waals surface area contributed by atoms with Gasteiger partial charge in [0, 0.05) is 11.1 Å². The molecule has 2 aromatic carbocycles. The number of nitrogens with two attached hydrogens (primary N) is 1. The molecule has 0 saturated heterocycles. The Kier molecular flexibility index (Phi) is 4.37. The molecule has 1 atom stereocenters. The third-order valence-corrected chi connectivity index (χ3v) is 3.17. The molecule has 0 aliphatic carbocycles. The summed E-state index contributed by atoms with van der Waals surface area (Å²) in [6.07, 6.45) is 0. The van der Waals surface area contributed by atoms with Crippen LogP contribution in [0.2, 0.25) is 0 Å². The summed E-state index contributed by atoms with van der Waals surface area (Å²) in [6.45, 7) is 3.22. The number of benzene rings is 2. The molecular formula is C16H20NO+. The van der Waals surface area contributed by atoms with Crippen molar-refractivity contribution in [3.05, 3.63) is 65.7 Å². The lowest BCUT2D eigenvalue weighted by Crippen LogP contribution is -2.83. The lowest BCUT2D eigenvalue weighted by Gasteiger charge is -2.12. The quantitative estimate of drug-likeness (QED) is 0.856. The minimum atomic E-state index is 0.431. The van der Waals surface area contributed by atoms with Crippen LogP contribution in [0.4, 0.5) is 0 Å². The topological polar surface area (TPSA) is 25.8 Å². The van der Waals surface area contributed by atoms with Gasteiger partial charge in [-0.25, -0.2) is 0 Å². The van der Waals surface area contributed by atoms with Crippen molar-refractivity contribution >= 4 is 0 Å². The van der Waals surface area contributed by atoms with E-state index in [1.165, 1.54) is 11.1 Å². The molecule has 0 amide bonds. The summed E-state index contributed by atoms with van der Waals surface area (Å²) in [5, 5.41) is 2.34. The lowest BCUT2D eigenvalue weighted by molar-refractivity contribution is -0.707. The summed E-state index contributed by atoms with van der Waals surface area (Å²) < 4.78 is 5.25. The zero-order chi connectivity index (χ0) is 12.8. The van der Waals surface area contributed by atoms with E-state index in [4.69, 9.17) is 4.74 Å². The van der Waals surface area contributed by atoms with Crippen molar-refractivity contribution in [2.45, 2.75) is 19.5 Å². The zero-order valence-corrected chi connectivity index (χ0v) is 11.0. The molecule has 0 saturated carbocycles. The van der Waals surface area contributed by atoms with Gasteiger partial charge in [-0.3, -0.25) is 0 Å². The van der Waals surface area contributed by atoms with Crippen LogP contribution in [0.1, 0.15) is 24.1 Å². The summed E-state index contributed by atoms with van der Waals surface area (Å²) in [6, 6.07) is 19.2. The van der Waals surface area contributed by atoms with Gasteiger partial charge >= 0.3 is 0 Å². The number of rotatable bonds is 5. The lowest BCUT2D eigenvalue weighted by atomic mass is 10.1. The Morgan fingerprint density at radius 1 is 1.06 bits per heavy atom. The average Bonchev–Trinajstić information content (AvgIpc) is 2.46. The fourth-order valence-corrected chi connectivity index (χ4v) is 1.99. The van der Waals surface area contributed by atoms with Gasteiger partial charge in [0.25, 0.3) is 0 Å². The van der Waals surface area contributed by atoms with E-state index in [0.717, 1.165) is 12.3 Å². The second-order valence-electron chi connectivity index (χ2n) is 4.49. The van der Waals surface area contributed by atoms with Crippen molar-refractivity contribution in [3.8, 4) is 5.75 Å². The van der Waals surface area contributed by atoms with Gasteiger partial charge in [0.2, 0.25) is 0 Å². The Morgan fingerprint density at radius 3 is 2.56 bits per heavy atom. The molecule has 0 bridgehead atoms. The van der Waals surface area contributed by atoms with Crippen molar-refractivity contribution in [3.63, 3.8) is 0 Å². The summed E-state index contributed by atoms with van der Waals surface area (Å²) in [4.78, 5) is 0. The number of hydrogen-bond donors (Lipinski definition) is 1. The second-order valence-corrected chi connectivity index (χ2v) is 4.49. The molecule has 0 heterocycles. The van der Waals surface area contributed by atoms with E-state index >= 15 is 0 Å². The Bertz CT molecular complexity index is 481. The molecule has 0 unspecified atom stereocenters. The number of quaternary nitrogens is 1. The van der Waals surface area contributed by atoms with Crippen LogP contribution in [-0.4, -0.2) is 7.11 Å². The minimum absolute atomic E-state index is 0.431. The molecule has 0 aromatic heterocycles. The fourth-order valence-electron chi connectivity index (χ4n) is 1.99. The van der Waals surface area contributed by atoms with E-state index in [1.54, 1.807) is 7.11 Å². The van der Waals surface area contributed by atoms with E-state index in [2.05, 4.69) is 54.7 Å². The van der Waals surface area contributed by atoms with Crippen LogP contribution in [0.25, 0.3) is 0 Å². The maximum Gasteiger partial charge on any atom is 0.119 e. The van der Waals surface area contributed by atoms with Crippen LogP contribution in [-0.2, 0) is 6.54 Å². The van der Waals surface area contributed by atoms with Crippen molar-refractivity contribution in [1.29, 1.82) is 0 Å². The first-order chi connectivity index (χ1) is 8.79. The van der Waals surface area contributed by atoms with Crippen molar-refractivity contribution in [2.75, 3.05) is 7.11 Å². The summed E-state index contributed by atoms with van der Waals surface area (Å²) in [5.74, 6) is 0.924. The third kappa shape index (κ3) is 3.34. The number of ether oxygens (including phenoxy) is 1. The average molecular weight is 242 g/mol. The van der Waals surface area contributed by atoms with Gasteiger partial charge in [-0.1, -0.05) is 42.5 Å². The van der Waals surface area contributed by atoms with Crippen LogP contribution in [0.15, 0.2) is 54.6 Å². The zero-order valence-electron chi connectivity index (χ0n) is 11.0. The van der Waals surface area contributed by atoms with Crippen LogP contribution >= 0.6 is 0 Å². The normalized spacial score (nSPS) is 12.1. The first-order valence-corrected chi connectivity index (χ1v) is 6.31. The molecular weight excluding hydrogens is 222 g/mol. The van der Waals surface area contributed by atoms with Gasteiger partial charge in [-0.05, 0) is 19.1 Å². The molecule has 0 fully saturated rings. The fraction of sp³-hybridized carbons (Fsp3) is 0.250. The van der Waals surface area contributed by atoms with Crippen LogP contribution < -0.4 is 10.1 Å². The highest BCUT2D eigenvalue weighted by atomic mass is 16.5. The molecule has 0 aliphatic heterocycles. The van der Waals surface area contributed by atoms with E-state index in [1.807, 2.05) is 12.1 Å². The molecule has 0 spiro atoms. The maximum atomic E-state index is 5.25. The molecule has 0 aliphatic rings. The number of hydrogen-bond acceptors (Lipinski definition) is 1. The Balaban J connectivity index is 1.97. The highest BCUT2D eigenvalue weighted by Crippen LogP contribution is 2.16. The summed E-state index contributed by atoms with van der Waals surface area (Å²) in [7, 11) is 1.71. The second kappa shape index (κ2) is 6.22. The molecule has 2 rings (SSSR count). The Hall–Kier alpha value is -1.80. The molecule has 0 radical (unpaired) electrons. The van der Waals surface area contributed by atoms with Gasteiger partial charge in [-0.15, -0.1) is 0 Å². The van der Waals surface area contributed by atoms with Crippen molar-refractivity contribution < 1.29 is 10.1 Å². The molecule has 2 heteroatoms. The summed E-state index contributed by atoms with van der Waals surface area (Å²) in [5.41, 5.74) is 2.65. The Labute approximate surface area is 109 Å². The van der Waals surface area contributed by atoms with Gasteiger partial charge in [0.1, 0.15) is 18.3 Å². The minimum Gasteiger partial charge on any atom is -0.497 e. The first-order valence-electron chi connectivity index (χ1n) is 6.31. The molecule has 2 N–H and O–H groups in total. The smallest absolute Gasteiger partial charge is 0.119 e. The largest absolute Gasteiger partial charge is 0.497 e. The van der Waals surface area contributed by atoms with E-state index < -0.39 is 0 Å². The number of methoxy groups -OCH3 is 1. The van der Waals surface area contributed by atoms with Gasteiger partial charge in [-0.2, -0.15) is 0 Å². The molecule has 2 aromatic rings. The van der Waals surface area contributed by atoms with Gasteiger partial charge in [0.05, 0.1) is 7.11 Å². The van der Waals surface area contributed by atoms with E-state index in [-0.39, 0.29) is 0 Å². The van der Waals surface area contributed by atoms with Gasteiger partial charge < -0.3 is 10.1 Å².